The molecule has 1 heterocycles. The number of hydrogen-bond donors (Lipinski definition) is 0. The number of nitrogens with zero attached hydrogens (tertiary/aromatic N) is 4. The van der Waals surface area contributed by atoms with Crippen LogP contribution in [0.1, 0.15) is 0 Å². The van der Waals surface area contributed by atoms with E-state index in [4.69, 9.17) is 0 Å². The molecule has 4 aromatic rings. The molecule has 0 atom stereocenters. The molecule has 0 saturated heterocycles. The standard InChI is InChI=1S/C21H13BrN4O2/c22-17-13-16(11-12-18(17)26(27)28)21-24-19(14-7-3-1-4-8-14)23-20(25-21)15-9-5-2-6-10-15/h1-13H. The van der Waals surface area contributed by atoms with E-state index in [-0.39, 0.29) is 5.69 Å². The summed E-state index contributed by atoms with van der Waals surface area (Å²) >= 11 is 3.26. The first kappa shape index (κ1) is 17.9. The van der Waals surface area contributed by atoms with Gasteiger partial charge in [-0.3, -0.25) is 10.1 Å². The quantitative estimate of drug-likeness (QED) is 0.312. The van der Waals surface area contributed by atoms with Crippen molar-refractivity contribution in [1.82, 2.24) is 15.0 Å². The van der Waals surface area contributed by atoms with Crippen LogP contribution in [0.5, 0.6) is 0 Å². The average Bonchev–Trinajstić information content (AvgIpc) is 2.74. The van der Waals surface area contributed by atoms with Crippen molar-refractivity contribution >= 4 is 21.6 Å². The second kappa shape index (κ2) is 7.66. The Balaban J connectivity index is 1.89. The molecule has 0 spiro atoms. The van der Waals surface area contributed by atoms with Crippen LogP contribution in [0.4, 0.5) is 5.69 Å². The smallest absolute Gasteiger partial charge is 0.258 e. The van der Waals surface area contributed by atoms with Crippen molar-refractivity contribution in [1.29, 1.82) is 0 Å². The predicted molar refractivity (Wildman–Crippen MR) is 110 cm³/mol. The van der Waals surface area contributed by atoms with Crippen LogP contribution in [0.25, 0.3) is 34.2 Å². The molecule has 6 nitrogen and oxygen atoms in total. The maximum atomic E-state index is 11.1. The lowest BCUT2D eigenvalue weighted by molar-refractivity contribution is -0.385. The molecular formula is C21H13BrN4O2. The molecule has 136 valence electrons. The lowest BCUT2D eigenvalue weighted by Crippen LogP contribution is -2.00. The minimum absolute atomic E-state index is 0.00984. The van der Waals surface area contributed by atoms with Gasteiger partial charge in [-0.2, -0.15) is 0 Å². The maximum absolute atomic E-state index is 11.1. The van der Waals surface area contributed by atoms with E-state index >= 15 is 0 Å². The van der Waals surface area contributed by atoms with Gasteiger partial charge < -0.3 is 0 Å². The van der Waals surface area contributed by atoms with Crippen molar-refractivity contribution in [2.75, 3.05) is 0 Å². The second-order valence-corrected chi connectivity index (χ2v) is 6.82. The van der Waals surface area contributed by atoms with E-state index in [1.165, 1.54) is 6.07 Å². The fraction of sp³-hybridized carbons (Fsp3) is 0. The van der Waals surface area contributed by atoms with E-state index in [1.807, 2.05) is 60.7 Å². The van der Waals surface area contributed by atoms with E-state index in [1.54, 1.807) is 12.1 Å². The van der Waals surface area contributed by atoms with Crippen LogP contribution in [-0.4, -0.2) is 19.9 Å². The third-order valence-electron chi connectivity index (χ3n) is 4.10. The Labute approximate surface area is 169 Å². The summed E-state index contributed by atoms with van der Waals surface area (Å²) in [5, 5.41) is 11.1. The molecule has 0 aliphatic carbocycles. The minimum Gasteiger partial charge on any atom is -0.258 e. The minimum atomic E-state index is -0.438. The molecule has 0 N–H and O–H groups in total. The summed E-state index contributed by atoms with van der Waals surface area (Å²) in [6.07, 6.45) is 0. The normalized spacial score (nSPS) is 10.6. The number of halogens is 1. The van der Waals surface area contributed by atoms with Gasteiger partial charge in [-0.1, -0.05) is 60.7 Å². The third-order valence-corrected chi connectivity index (χ3v) is 4.74. The van der Waals surface area contributed by atoms with Gasteiger partial charge in [0.1, 0.15) is 0 Å². The van der Waals surface area contributed by atoms with E-state index < -0.39 is 4.92 Å². The molecule has 0 unspecified atom stereocenters. The highest BCUT2D eigenvalue weighted by atomic mass is 79.9. The first-order valence-corrected chi connectivity index (χ1v) is 9.22. The summed E-state index contributed by atoms with van der Waals surface area (Å²) in [6.45, 7) is 0. The van der Waals surface area contributed by atoms with Crippen molar-refractivity contribution < 1.29 is 4.92 Å². The molecule has 1 aromatic heterocycles. The van der Waals surface area contributed by atoms with Gasteiger partial charge in [0.15, 0.2) is 17.5 Å². The van der Waals surface area contributed by atoms with Crippen LogP contribution in [0.15, 0.2) is 83.3 Å². The van der Waals surface area contributed by atoms with Gasteiger partial charge in [-0.05, 0) is 28.1 Å². The zero-order chi connectivity index (χ0) is 19.5. The Morgan fingerprint density at radius 2 is 1.14 bits per heavy atom. The van der Waals surface area contributed by atoms with Crippen LogP contribution in [-0.2, 0) is 0 Å². The number of aromatic nitrogens is 3. The van der Waals surface area contributed by atoms with E-state index in [9.17, 15) is 10.1 Å². The number of rotatable bonds is 4. The van der Waals surface area contributed by atoms with E-state index in [0.717, 1.165) is 11.1 Å². The number of nitro groups is 1. The highest BCUT2D eigenvalue weighted by molar-refractivity contribution is 9.10. The van der Waals surface area contributed by atoms with Crippen molar-refractivity contribution in [2.45, 2.75) is 0 Å². The highest BCUT2D eigenvalue weighted by Crippen LogP contribution is 2.30. The predicted octanol–water partition coefficient (Wildman–Crippen LogP) is 5.54. The summed E-state index contributed by atoms with van der Waals surface area (Å²) in [5.74, 6) is 1.53. The lowest BCUT2D eigenvalue weighted by Gasteiger charge is -2.08. The van der Waals surface area contributed by atoms with Crippen molar-refractivity contribution in [3.63, 3.8) is 0 Å². The van der Waals surface area contributed by atoms with Crippen LogP contribution in [0.2, 0.25) is 0 Å². The molecule has 28 heavy (non-hydrogen) atoms. The fourth-order valence-corrected chi connectivity index (χ4v) is 3.26. The van der Waals surface area contributed by atoms with Crippen LogP contribution in [0.3, 0.4) is 0 Å². The molecular weight excluding hydrogens is 420 g/mol. The molecule has 3 aromatic carbocycles. The van der Waals surface area contributed by atoms with Crippen molar-refractivity contribution in [2.24, 2.45) is 0 Å². The third kappa shape index (κ3) is 3.65. The van der Waals surface area contributed by atoms with Crippen molar-refractivity contribution in [3.05, 3.63) is 93.4 Å². The van der Waals surface area contributed by atoms with Gasteiger partial charge in [-0.25, -0.2) is 15.0 Å². The Morgan fingerprint density at radius 1 is 0.679 bits per heavy atom. The maximum Gasteiger partial charge on any atom is 0.283 e. The van der Waals surface area contributed by atoms with Gasteiger partial charge in [-0.15, -0.1) is 0 Å². The first-order valence-electron chi connectivity index (χ1n) is 8.43. The summed E-state index contributed by atoms with van der Waals surface area (Å²) in [7, 11) is 0. The second-order valence-electron chi connectivity index (χ2n) is 5.96. The zero-order valence-corrected chi connectivity index (χ0v) is 16.1. The Kier molecular flexibility index (Phi) is 4.90. The van der Waals surface area contributed by atoms with E-state index in [2.05, 4.69) is 30.9 Å². The lowest BCUT2D eigenvalue weighted by atomic mass is 10.1. The fourth-order valence-electron chi connectivity index (χ4n) is 2.73. The molecule has 0 aliphatic rings. The number of nitro benzene ring substituents is 1. The van der Waals surface area contributed by atoms with Gasteiger partial charge >= 0.3 is 0 Å². The van der Waals surface area contributed by atoms with Gasteiger partial charge in [0, 0.05) is 22.8 Å². The monoisotopic (exact) mass is 432 g/mol. The van der Waals surface area contributed by atoms with Crippen molar-refractivity contribution in [3.8, 4) is 34.2 Å². The molecule has 0 fully saturated rings. The first-order chi connectivity index (χ1) is 13.6. The molecule has 0 saturated carbocycles. The summed E-state index contributed by atoms with van der Waals surface area (Å²) < 4.78 is 0.373. The largest absolute Gasteiger partial charge is 0.283 e. The molecule has 7 heteroatoms. The van der Waals surface area contributed by atoms with Gasteiger partial charge in [0.25, 0.3) is 5.69 Å². The van der Waals surface area contributed by atoms with Gasteiger partial charge in [0.2, 0.25) is 0 Å². The topological polar surface area (TPSA) is 81.8 Å². The van der Waals surface area contributed by atoms with Crippen LogP contribution in [0, 0.1) is 10.1 Å². The molecule has 0 radical (unpaired) electrons. The zero-order valence-electron chi connectivity index (χ0n) is 14.5. The summed E-state index contributed by atoms with van der Waals surface area (Å²) in [6, 6.07) is 24.0. The summed E-state index contributed by atoms with van der Waals surface area (Å²) in [5.41, 5.74) is 2.38. The van der Waals surface area contributed by atoms with Gasteiger partial charge in [0.05, 0.1) is 9.40 Å². The summed E-state index contributed by atoms with van der Waals surface area (Å²) in [4.78, 5) is 24.5. The average molecular weight is 433 g/mol. The van der Waals surface area contributed by atoms with E-state index in [0.29, 0.717) is 27.5 Å². The molecule has 0 bridgehead atoms. The number of hydrogen-bond acceptors (Lipinski definition) is 5. The Hall–Kier alpha value is -3.45. The molecule has 4 rings (SSSR count). The SMILES string of the molecule is O=[N+]([O-])c1ccc(-c2nc(-c3ccccc3)nc(-c3ccccc3)n2)cc1Br. The highest BCUT2D eigenvalue weighted by Gasteiger charge is 2.16. The Morgan fingerprint density at radius 3 is 1.57 bits per heavy atom. The molecule has 0 aliphatic heterocycles. The Bertz CT molecular complexity index is 1090. The van der Waals surface area contributed by atoms with Crippen LogP contribution >= 0.6 is 15.9 Å². The van der Waals surface area contributed by atoms with Crippen LogP contribution < -0.4 is 0 Å². The molecule has 0 amide bonds. The number of benzene rings is 3.